The summed E-state index contributed by atoms with van der Waals surface area (Å²) < 4.78 is 0. The Bertz CT molecular complexity index is 472. The van der Waals surface area contributed by atoms with Gasteiger partial charge in [0.1, 0.15) is 5.69 Å². The monoisotopic (exact) mass is 251 g/mol. The first-order chi connectivity index (χ1) is 8.34. The zero-order valence-corrected chi connectivity index (χ0v) is 10.9. The molecule has 0 aromatic heterocycles. The van der Waals surface area contributed by atoms with E-state index in [1.165, 1.54) is 17.9 Å². The molecule has 1 N–H and O–H groups in total. The van der Waals surface area contributed by atoms with E-state index in [9.17, 15) is 14.9 Å². The van der Waals surface area contributed by atoms with Crippen molar-refractivity contribution in [2.24, 2.45) is 0 Å². The standard InChI is InChI=1S/C12H17N3O3/c1-8(2)13-12-10(14(4)9(3)16)6-5-7-11(12)15(17)18/h5-8,13H,1-4H3. The van der Waals surface area contributed by atoms with Crippen LogP contribution in [0.15, 0.2) is 18.2 Å². The predicted molar refractivity (Wildman–Crippen MR) is 70.9 cm³/mol. The predicted octanol–water partition coefficient (Wildman–Crippen LogP) is 2.40. The number of nitrogens with zero attached hydrogens (tertiary/aromatic N) is 2. The van der Waals surface area contributed by atoms with Crippen molar-refractivity contribution in [3.8, 4) is 0 Å². The first-order valence-electron chi connectivity index (χ1n) is 5.62. The Morgan fingerprint density at radius 1 is 1.44 bits per heavy atom. The van der Waals surface area contributed by atoms with Gasteiger partial charge >= 0.3 is 0 Å². The zero-order valence-electron chi connectivity index (χ0n) is 10.9. The number of amides is 1. The Kier molecular flexibility index (Phi) is 4.25. The Morgan fingerprint density at radius 2 is 2.06 bits per heavy atom. The molecular formula is C12H17N3O3. The van der Waals surface area contributed by atoms with E-state index in [0.29, 0.717) is 11.4 Å². The Hall–Kier alpha value is -2.11. The Morgan fingerprint density at radius 3 is 2.50 bits per heavy atom. The number of benzene rings is 1. The lowest BCUT2D eigenvalue weighted by Gasteiger charge is -2.21. The molecule has 0 saturated carbocycles. The molecule has 1 aromatic rings. The Labute approximate surface area is 106 Å². The van der Waals surface area contributed by atoms with Gasteiger partial charge in [-0.3, -0.25) is 14.9 Å². The van der Waals surface area contributed by atoms with Crippen molar-refractivity contribution in [1.82, 2.24) is 0 Å². The van der Waals surface area contributed by atoms with Crippen LogP contribution in [-0.2, 0) is 4.79 Å². The van der Waals surface area contributed by atoms with Crippen molar-refractivity contribution in [3.05, 3.63) is 28.3 Å². The van der Waals surface area contributed by atoms with Crippen LogP contribution in [0.1, 0.15) is 20.8 Å². The number of nitrogens with one attached hydrogen (secondary N) is 1. The highest BCUT2D eigenvalue weighted by molar-refractivity contribution is 5.96. The van der Waals surface area contributed by atoms with E-state index in [4.69, 9.17) is 0 Å². The van der Waals surface area contributed by atoms with E-state index in [1.807, 2.05) is 13.8 Å². The average Bonchev–Trinajstić information content (AvgIpc) is 2.27. The fourth-order valence-corrected chi connectivity index (χ4v) is 1.57. The molecule has 0 heterocycles. The van der Waals surface area contributed by atoms with Crippen LogP contribution in [0.2, 0.25) is 0 Å². The largest absolute Gasteiger partial charge is 0.376 e. The number of anilines is 2. The fourth-order valence-electron chi connectivity index (χ4n) is 1.57. The lowest BCUT2D eigenvalue weighted by atomic mass is 10.2. The summed E-state index contributed by atoms with van der Waals surface area (Å²) in [6, 6.07) is 4.70. The van der Waals surface area contributed by atoms with Gasteiger partial charge in [0.2, 0.25) is 5.91 Å². The van der Waals surface area contributed by atoms with Gasteiger partial charge in [0.05, 0.1) is 10.6 Å². The smallest absolute Gasteiger partial charge is 0.294 e. The summed E-state index contributed by atoms with van der Waals surface area (Å²) in [6.07, 6.45) is 0. The number of nitro groups is 1. The third kappa shape index (κ3) is 2.97. The highest BCUT2D eigenvalue weighted by atomic mass is 16.6. The van der Waals surface area contributed by atoms with E-state index in [1.54, 1.807) is 19.2 Å². The number of hydrogen-bond donors (Lipinski definition) is 1. The topological polar surface area (TPSA) is 75.5 Å². The van der Waals surface area contributed by atoms with E-state index >= 15 is 0 Å². The molecule has 0 unspecified atom stereocenters. The molecule has 0 atom stereocenters. The number of para-hydroxylation sites is 1. The highest BCUT2D eigenvalue weighted by Crippen LogP contribution is 2.34. The van der Waals surface area contributed by atoms with Crippen LogP contribution >= 0.6 is 0 Å². The molecule has 0 fully saturated rings. The zero-order chi connectivity index (χ0) is 13.9. The van der Waals surface area contributed by atoms with Gasteiger partial charge in [-0.25, -0.2) is 0 Å². The minimum absolute atomic E-state index is 0.0326. The van der Waals surface area contributed by atoms with Crippen LogP contribution in [0, 0.1) is 10.1 Å². The van der Waals surface area contributed by atoms with Crippen molar-refractivity contribution in [2.45, 2.75) is 26.8 Å². The van der Waals surface area contributed by atoms with E-state index in [-0.39, 0.29) is 17.6 Å². The molecule has 0 radical (unpaired) electrons. The van der Waals surface area contributed by atoms with E-state index in [0.717, 1.165) is 0 Å². The average molecular weight is 251 g/mol. The van der Waals surface area contributed by atoms with Crippen LogP contribution in [0.3, 0.4) is 0 Å². The molecule has 0 bridgehead atoms. The van der Waals surface area contributed by atoms with Crippen molar-refractivity contribution in [1.29, 1.82) is 0 Å². The van der Waals surface area contributed by atoms with Crippen molar-refractivity contribution >= 4 is 23.0 Å². The first-order valence-corrected chi connectivity index (χ1v) is 5.62. The summed E-state index contributed by atoms with van der Waals surface area (Å²) in [7, 11) is 1.59. The summed E-state index contributed by atoms with van der Waals surface area (Å²) in [5.74, 6) is -0.178. The fraction of sp³-hybridized carbons (Fsp3) is 0.417. The number of hydrogen-bond acceptors (Lipinski definition) is 4. The summed E-state index contributed by atoms with van der Waals surface area (Å²) in [5.41, 5.74) is 0.843. The maximum Gasteiger partial charge on any atom is 0.294 e. The lowest BCUT2D eigenvalue weighted by Crippen LogP contribution is -2.25. The quantitative estimate of drug-likeness (QED) is 0.658. The van der Waals surface area contributed by atoms with E-state index in [2.05, 4.69) is 5.32 Å². The Balaban J connectivity index is 3.36. The van der Waals surface area contributed by atoms with Gasteiger partial charge in [0.15, 0.2) is 0 Å². The van der Waals surface area contributed by atoms with Gasteiger partial charge in [-0.2, -0.15) is 0 Å². The lowest BCUT2D eigenvalue weighted by molar-refractivity contribution is -0.383. The van der Waals surface area contributed by atoms with Gasteiger partial charge in [0.25, 0.3) is 5.69 Å². The maximum atomic E-state index is 11.4. The normalized spacial score (nSPS) is 10.3. The van der Waals surface area contributed by atoms with Gasteiger partial charge in [0, 0.05) is 26.1 Å². The summed E-state index contributed by atoms with van der Waals surface area (Å²) in [5, 5.41) is 14.0. The van der Waals surface area contributed by atoms with Gasteiger partial charge < -0.3 is 10.2 Å². The van der Waals surface area contributed by atoms with Crippen molar-refractivity contribution in [2.75, 3.05) is 17.3 Å². The van der Waals surface area contributed by atoms with Crippen molar-refractivity contribution < 1.29 is 9.72 Å². The van der Waals surface area contributed by atoms with Crippen LogP contribution < -0.4 is 10.2 Å². The van der Waals surface area contributed by atoms with Gasteiger partial charge in [-0.1, -0.05) is 6.07 Å². The summed E-state index contributed by atoms with van der Waals surface area (Å²) >= 11 is 0. The maximum absolute atomic E-state index is 11.4. The molecular weight excluding hydrogens is 234 g/mol. The highest BCUT2D eigenvalue weighted by Gasteiger charge is 2.21. The molecule has 1 aromatic carbocycles. The third-order valence-electron chi connectivity index (χ3n) is 2.48. The molecule has 0 aliphatic rings. The minimum Gasteiger partial charge on any atom is -0.376 e. The van der Waals surface area contributed by atoms with Crippen LogP contribution in [0.4, 0.5) is 17.1 Å². The summed E-state index contributed by atoms with van der Waals surface area (Å²) in [4.78, 5) is 23.3. The van der Waals surface area contributed by atoms with Crippen LogP contribution in [0.5, 0.6) is 0 Å². The first kappa shape index (κ1) is 14.0. The second kappa shape index (κ2) is 5.48. The molecule has 0 aliphatic heterocycles. The molecule has 6 nitrogen and oxygen atoms in total. The molecule has 98 valence electrons. The molecule has 0 aliphatic carbocycles. The van der Waals surface area contributed by atoms with Gasteiger partial charge in [-0.05, 0) is 19.9 Å². The van der Waals surface area contributed by atoms with Crippen LogP contribution in [0.25, 0.3) is 0 Å². The number of carbonyl (C=O) groups excluding carboxylic acids is 1. The molecule has 1 rings (SSSR count). The number of nitro benzene ring substituents is 1. The van der Waals surface area contributed by atoms with Gasteiger partial charge in [-0.15, -0.1) is 0 Å². The molecule has 0 spiro atoms. The third-order valence-corrected chi connectivity index (χ3v) is 2.48. The second-order valence-electron chi connectivity index (χ2n) is 4.31. The van der Waals surface area contributed by atoms with Crippen molar-refractivity contribution in [3.63, 3.8) is 0 Å². The minimum atomic E-state index is -0.456. The molecule has 6 heteroatoms. The number of carbonyl (C=O) groups is 1. The second-order valence-corrected chi connectivity index (χ2v) is 4.31. The number of rotatable bonds is 4. The molecule has 1 amide bonds. The van der Waals surface area contributed by atoms with Crippen LogP contribution in [-0.4, -0.2) is 23.9 Å². The van der Waals surface area contributed by atoms with E-state index < -0.39 is 4.92 Å². The molecule has 0 saturated heterocycles. The SMILES string of the molecule is CC(=O)N(C)c1cccc([N+](=O)[O-])c1NC(C)C. The summed E-state index contributed by atoms with van der Waals surface area (Å²) in [6.45, 7) is 5.18. The molecule has 18 heavy (non-hydrogen) atoms.